The van der Waals surface area contributed by atoms with Crippen LogP contribution in [0.3, 0.4) is 0 Å². The van der Waals surface area contributed by atoms with Gasteiger partial charge in [-0.2, -0.15) is 10.2 Å². The van der Waals surface area contributed by atoms with Gasteiger partial charge in [0.25, 0.3) is 5.91 Å². The van der Waals surface area contributed by atoms with Gasteiger partial charge in [-0.15, -0.1) is 0 Å². The average Bonchev–Trinajstić information content (AvgIpc) is 3.44. The van der Waals surface area contributed by atoms with Crippen molar-refractivity contribution in [1.82, 2.24) is 25.2 Å². The fourth-order valence-electron chi connectivity index (χ4n) is 4.29. The second-order valence-corrected chi connectivity index (χ2v) is 10.3. The lowest BCUT2D eigenvalue weighted by Crippen LogP contribution is -2.17. The van der Waals surface area contributed by atoms with E-state index in [0.29, 0.717) is 34.1 Å². The van der Waals surface area contributed by atoms with Gasteiger partial charge in [-0.1, -0.05) is 42.1 Å². The normalized spacial score (nSPS) is 11.0. The summed E-state index contributed by atoms with van der Waals surface area (Å²) in [7, 11) is 3.18. The summed E-state index contributed by atoms with van der Waals surface area (Å²) >= 11 is 1.56. The molecule has 5 rings (SSSR count). The monoisotopic (exact) mass is 578 g/mol. The Balaban J connectivity index is 1.31. The minimum Gasteiger partial charge on any atom is -0.493 e. The molecule has 5 aromatic rings. The van der Waals surface area contributed by atoms with Crippen molar-refractivity contribution >= 4 is 23.9 Å². The Hall–Kier alpha value is -4.96. The van der Waals surface area contributed by atoms with Gasteiger partial charge in [-0.25, -0.2) is 20.1 Å². The van der Waals surface area contributed by atoms with Gasteiger partial charge in [-0.3, -0.25) is 4.79 Å². The number of aromatic nitrogens is 4. The summed E-state index contributed by atoms with van der Waals surface area (Å²) in [6.07, 6.45) is 3.45. The molecule has 0 saturated heterocycles. The molecule has 2 aromatic heterocycles. The number of aryl methyl sites for hydroxylation is 2. The van der Waals surface area contributed by atoms with Crippen LogP contribution in [0.4, 0.5) is 0 Å². The number of ether oxygens (including phenoxy) is 2. The molecule has 9 nitrogen and oxygen atoms in total. The van der Waals surface area contributed by atoms with Gasteiger partial charge in [0, 0.05) is 40.0 Å². The summed E-state index contributed by atoms with van der Waals surface area (Å²) in [5.74, 6) is 1.59. The number of amides is 1. The summed E-state index contributed by atoms with van der Waals surface area (Å²) in [6, 6.07) is 24.7. The number of hydrogen-bond donors (Lipinski definition) is 1. The van der Waals surface area contributed by atoms with Crippen LogP contribution in [0.15, 0.2) is 95.3 Å². The molecule has 10 heteroatoms. The molecule has 0 atom stereocenters. The second-order valence-electron chi connectivity index (χ2n) is 9.40. The predicted octanol–water partition coefficient (Wildman–Crippen LogP) is 6.02. The molecule has 0 fully saturated rings. The van der Waals surface area contributed by atoms with Crippen molar-refractivity contribution in [2.24, 2.45) is 5.10 Å². The number of carbonyl (C=O) groups excluding carboxylic acids is 1. The zero-order valence-corrected chi connectivity index (χ0v) is 24.6. The first-order valence-electron chi connectivity index (χ1n) is 13.2. The van der Waals surface area contributed by atoms with Crippen molar-refractivity contribution in [3.63, 3.8) is 0 Å². The van der Waals surface area contributed by atoms with Gasteiger partial charge in [0.15, 0.2) is 16.7 Å². The highest BCUT2D eigenvalue weighted by molar-refractivity contribution is 7.98. The smallest absolute Gasteiger partial charge is 0.271 e. The number of methoxy groups -OCH3 is 2. The van der Waals surface area contributed by atoms with Crippen LogP contribution in [0.25, 0.3) is 16.9 Å². The maximum Gasteiger partial charge on any atom is 0.271 e. The topological polar surface area (TPSA) is 104 Å². The number of nitrogens with one attached hydrogen (secondary N) is 1. The quantitative estimate of drug-likeness (QED) is 0.0936. The Labute approximate surface area is 248 Å². The fraction of sp³-hybridized carbons (Fsp3) is 0.156. The lowest BCUT2D eigenvalue weighted by atomic mass is 10.1. The van der Waals surface area contributed by atoms with Gasteiger partial charge in [-0.05, 0) is 67.9 Å². The maximum atomic E-state index is 12.8. The van der Waals surface area contributed by atoms with E-state index in [4.69, 9.17) is 14.6 Å². The highest BCUT2D eigenvalue weighted by atomic mass is 32.2. The minimum atomic E-state index is -0.314. The third-order valence-corrected chi connectivity index (χ3v) is 7.25. The Morgan fingerprint density at radius 2 is 1.64 bits per heavy atom. The van der Waals surface area contributed by atoms with Crippen molar-refractivity contribution in [2.45, 2.75) is 24.8 Å². The standard InChI is InChI=1S/C32H30N6O3S/c1-21-16-22(2)35-32(34-21)42-20-23-10-12-24(13-11-23)31(39)36-33-18-26-19-38(27-8-6-5-7-9-27)37-30(26)25-14-15-28(40-3)29(17-25)41-4/h5-19H,20H2,1-4H3,(H,36,39). The molecule has 1 amide bonds. The van der Waals surface area contributed by atoms with Crippen LogP contribution in [-0.2, 0) is 5.75 Å². The van der Waals surface area contributed by atoms with E-state index in [9.17, 15) is 4.79 Å². The Morgan fingerprint density at radius 3 is 2.33 bits per heavy atom. The van der Waals surface area contributed by atoms with Crippen molar-refractivity contribution in [3.8, 4) is 28.4 Å². The molecule has 0 aliphatic rings. The zero-order chi connectivity index (χ0) is 29.5. The number of hydrazone groups is 1. The molecule has 0 aliphatic carbocycles. The van der Waals surface area contributed by atoms with Crippen LogP contribution in [0.1, 0.15) is 32.9 Å². The maximum absolute atomic E-state index is 12.8. The highest BCUT2D eigenvalue weighted by Crippen LogP contribution is 2.33. The fourth-order valence-corrected chi connectivity index (χ4v) is 5.19. The third-order valence-electron chi connectivity index (χ3n) is 6.34. The molecule has 3 aromatic carbocycles. The molecule has 0 unspecified atom stereocenters. The van der Waals surface area contributed by atoms with E-state index < -0.39 is 0 Å². The first kappa shape index (κ1) is 28.6. The van der Waals surface area contributed by atoms with E-state index >= 15 is 0 Å². The van der Waals surface area contributed by atoms with Crippen LogP contribution < -0.4 is 14.9 Å². The van der Waals surface area contributed by atoms with Crippen LogP contribution in [0.5, 0.6) is 11.5 Å². The predicted molar refractivity (Wildman–Crippen MR) is 165 cm³/mol. The second kappa shape index (κ2) is 13.1. The summed E-state index contributed by atoms with van der Waals surface area (Å²) in [4.78, 5) is 21.8. The van der Waals surface area contributed by atoms with E-state index in [1.54, 1.807) is 49.0 Å². The van der Waals surface area contributed by atoms with Crippen molar-refractivity contribution in [1.29, 1.82) is 0 Å². The molecule has 0 aliphatic heterocycles. The molecule has 212 valence electrons. The van der Waals surface area contributed by atoms with Crippen LogP contribution >= 0.6 is 11.8 Å². The number of rotatable bonds is 10. The van der Waals surface area contributed by atoms with Gasteiger partial charge in [0.1, 0.15) is 5.69 Å². The number of nitrogens with zero attached hydrogens (tertiary/aromatic N) is 5. The minimum absolute atomic E-state index is 0.314. The van der Waals surface area contributed by atoms with Gasteiger partial charge in [0.2, 0.25) is 0 Å². The Morgan fingerprint density at radius 1 is 0.929 bits per heavy atom. The van der Waals surface area contributed by atoms with Gasteiger partial charge >= 0.3 is 0 Å². The van der Waals surface area contributed by atoms with E-state index in [0.717, 1.165) is 33.4 Å². The summed E-state index contributed by atoms with van der Waals surface area (Å²) in [5, 5.41) is 9.79. The molecule has 0 spiro atoms. The molecule has 1 N–H and O–H groups in total. The van der Waals surface area contributed by atoms with Crippen molar-refractivity contribution in [2.75, 3.05) is 14.2 Å². The summed E-state index contributed by atoms with van der Waals surface area (Å²) in [6.45, 7) is 3.92. The van der Waals surface area contributed by atoms with Crippen LogP contribution in [0, 0.1) is 13.8 Å². The highest BCUT2D eigenvalue weighted by Gasteiger charge is 2.14. The van der Waals surface area contributed by atoms with Gasteiger partial charge < -0.3 is 9.47 Å². The number of benzene rings is 3. The summed E-state index contributed by atoms with van der Waals surface area (Å²) < 4.78 is 12.6. The number of thioether (sulfide) groups is 1. The summed E-state index contributed by atoms with van der Waals surface area (Å²) in [5.41, 5.74) is 9.19. The number of para-hydroxylation sites is 1. The largest absolute Gasteiger partial charge is 0.493 e. The molecule has 42 heavy (non-hydrogen) atoms. The number of carbonyl (C=O) groups is 1. The Kier molecular flexibility index (Phi) is 8.93. The average molecular weight is 579 g/mol. The molecule has 0 saturated carbocycles. The molecule has 0 radical (unpaired) electrons. The third kappa shape index (κ3) is 6.84. The Bertz CT molecular complexity index is 1700. The molecular weight excluding hydrogens is 548 g/mol. The van der Waals surface area contributed by atoms with E-state index in [2.05, 4.69) is 20.5 Å². The van der Waals surface area contributed by atoms with E-state index in [1.165, 1.54) is 0 Å². The first-order chi connectivity index (χ1) is 20.4. The van der Waals surface area contributed by atoms with E-state index in [-0.39, 0.29) is 5.91 Å². The van der Waals surface area contributed by atoms with E-state index in [1.807, 2.05) is 86.8 Å². The lowest BCUT2D eigenvalue weighted by Gasteiger charge is -2.09. The van der Waals surface area contributed by atoms with Gasteiger partial charge in [0.05, 0.1) is 26.1 Å². The number of hydrogen-bond acceptors (Lipinski definition) is 8. The van der Waals surface area contributed by atoms with Crippen molar-refractivity contribution < 1.29 is 14.3 Å². The lowest BCUT2D eigenvalue weighted by molar-refractivity contribution is 0.0955. The molecule has 0 bridgehead atoms. The van der Waals surface area contributed by atoms with Crippen molar-refractivity contribution in [3.05, 3.63) is 113 Å². The zero-order valence-electron chi connectivity index (χ0n) is 23.7. The molecular formula is C32H30N6O3S. The first-order valence-corrected chi connectivity index (χ1v) is 14.2. The molecule has 2 heterocycles. The van der Waals surface area contributed by atoms with Crippen LogP contribution in [-0.4, -0.2) is 46.1 Å². The van der Waals surface area contributed by atoms with Crippen LogP contribution in [0.2, 0.25) is 0 Å². The SMILES string of the molecule is COc1ccc(-c2nn(-c3ccccc3)cc2C=NNC(=O)c2ccc(CSc3nc(C)cc(C)n3)cc2)cc1OC.